The minimum atomic E-state index is 0.490. The number of furan rings is 1. The van der Waals surface area contributed by atoms with Gasteiger partial charge in [-0.25, -0.2) is 9.98 Å². The lowest BCUT2D eigenvalue weighted by Gasteiger charge is -2.06. The molecule has 0 aliphatic rings. The van der Waals surface area contributed by atoms with Crippen LogP contribution in [0.4, 0.5) is 0 Å². The van der Waals surface area contributed by atoms with E-state index in [2.05, 4.69) is 96.6 Å². The van der Waals surface area contributed by atoms with Crippen molar-refractivity contribution >= 4 is 40.3 Å². The van der Waals surface area contributed by atoms with Crippen LogP contribution in [-0.2, 0) is 6.54 Å². The smallest absolute Gasteiger partial charge is 0.161 e. The SMILES string of the molecule is C=N/C(=N\C(=N/Cc1ccccc1)c1ccc2c(c1)oc1ccc(-c3ccc(-c4ccccc4)cc3)cc12)c1ccccc1. The summed E-state index contributed by atoms with van der Waals surface area (Å²) in [7, 11) is 0. The first-order chi connectivity index (χ1) is 21.7. The third-order valence-corrected chi connectivity index (χ3v) is 7.70. The monoisotopic (exact) mass is 567 g/mol. The maximum atomic E-state index is 6.35. The van der Waals surface area contributed by atoms with Gasteiger partial charge in [-0.05, 0) is 58.8 Å². The Bertz CT molecular complexity index is 2130. The molecular formula is C40H29N3O. The Hall–Kier alpha value is -5.87. The fraction of sp³-hybridized carbons (Fsp3) is 0.0250. The largest absolute Gasteiger partial charge is 0.456 e. The Morgan fingerprint density at radius 3 is 1.82 bits per heavy atom. The summed E-state index contributed by atoms with van der Waals surface area (Å²) < 4.78 is 6.35. The average Bonchev–Trinajstić information content (AvgIpc) is 3.47. The van der Waals surface area contributed by atoms with Gasteiger partial charge in [0.25, 0.3) is 0 Å². The van der Waals surface area contributed by atoms with Crippen molar-refractivity contribution in [3.63, 3.8) is 0 Å². The highest BCUT2D eigenvalue weighted by Gasteiger charge is 2.13. The summed E-state index contributed by atoms with van der Waals surface area (Å²) in [5.74, 6) is 1.09. The number of nitrogens with zero attached hydrogens (tertiary/aromatic N) is 3. The molecular weight excluding hydrogens is 538 g/mol. The fourth-order valence-electron chi connectivity index (χ4n) is 5.40. The van der Waals surface area contributed by atoms with Crippen molar-refractivity contribution in [1.82, 2.24) is 0 Å². The highest BCUT2D eigenvalue weighted by molar-refractivity contribution is 6.14. The van der Waals surface area contributed by atoms with Crippen molar-refractivity contribution in [2.45, 2.75) is 6.54 Å². The molecule has 0 unspecified atom stereocenters. The Kier molecular flexibility index (Phi) is 7.46. The van der Waals surface area contributed by atoms with Gasteiger partial charge < -0.3 is 4.42 Å². The van der Waals surface area contributed by atoms with Crippen molar-refractivity contribution in [3.05, 3.63) is 168 Å². The molecule has 0 bridgehead atoms. The molecule has 1 aromatic heterocycles. The lowest BCUT2D eigenvalue weighted by atomic mass is 9.99. The lowest BCUT2D eigenvalue weighted by Crippen LogP contribution is -2.05. The van der Waals surface area contributed by atoms with Crippen LogP contribution in [0.2, 0.25) is 0 Å². The number of aliphatic imine (C=N–C) groups is 3. The predicted molar refractivity (Wildman–Crippen MR) is 184 cm³/mol. The number of amidine groups is 2. The normalized spacial score (nSPS) is 12.1. The van der Waals surface area contributed by atoms with Crippen LogP contribution in [0.25, 0.3) is 44.2 Å². The van der Waals surface area contributed by atoms with E-state index in [1.165, 1.54) is 11.1 Å². The van der Waals surface area contributed by atoms with E-state index in [4.69, 9.17) is 14.4 Å². The summed E-state index contributed by atoms with van der Waals surface area (Å²) in [5, 5.41) is 2.11. The minimum Gasteiger partial charge on any atom is -0.456 e. The van der Waals surface area contributed by atoms with E-state index in [9.17, 15) is 0 Å². The van der Waals surface area contributed by atoms with Crippen LogP contribution in [0.5, 0.6) is 0 Å². The van der Waals surface area contributed by atoms with Crippen molar-refractivity contribution < 1.29 is 4.42 Å². The van der Waals surface area contributed by atoms with E-state index in [0.717, 1.165) is 49.8 Å². The number of fused-ring (bicyclic) bond motifs is 3. The summed E-state index contributed by atoms with van der Waals surface area (Å²) in [6.07, 6.45) is 0. The quantitative estimate of drug-likeness (QED) is 0.146. The number of rotatable bonds is 6. The topological polar surface area (TPSA) is 50.2 Å². The van der Waals surface area contributed by atoms with E-state index < -0.39 is 0 Å². The van der Waals surface area contributed by atoms with E-state index in [1.54, 1.807) is 0 Å². The average molecular weight is 568 g/mol. The van der Waals surface area contributed by atoms with Crippen LogP contribution < -0.4 is 0 Å². The molecule has 7 aromatic rings. The van der Waals surface area contributed by atoms with Gasteiger partial charge in [-0.2, -0.15) is 0 Å². The molecule has 1 heterocycles. The standard InChI is InChI=1S/C40H29N3O/c1-41-39(32-15-9-4-10-16-32)43-40(42-27-28-11-5-2-6-12-28)34-21-23-35-36-25-33(22-24-37(36)44-38(35)26-34)31-19-17-30(18-20-31)29-13-7-3-8-14-29/h2-26H,1,27H2/b42-40-,43-39-. The third kappa shape index (κ3) is 5.61. The first-order valence-electron chi connectivity index (χ1n) is 14.6. The first-order valence-corrected chi connectivity index (χ1v) is 14.6. The van der Waals surface area contributed by atoms with Gasteiger partial charge >= 0.3 is 0 Å². The maximum Gasteiger partial charge on any atom is 0.161 e. The Balaban J connectivity index is 1.26. The Morgan fingerprint density at radius 1 is 0.500 bits per heavy atom. The van der Waals surface area contributed by atoms with Crippen LogP contribution in [0.1, 0.15) is 16.7 Å². The predicted octanol–water partition coefficient (Wildman–Crippen LogP) is 10.0. The summed E-state index contributed by atoms with van der Waals surface area (Å²) in [6.45, 7) is 4.27. The van der Waals surface area contributed by atoms with Gasteiger partial charge in [0.2, 0.25) is 0 Å². The molecule has 44 heavy (non-hydrogen) atoms. The van der Waals surface area contributed by atoms with Crippen molar-refractivity contribution in [2.24, 2.45) is 15.0 Å². The second-order valence-electron chi connectivity index (χ2n) is 10.6. The summed E-state index contributed by atoms with van der Waals surface area (Å²) in [5.41, 5.74) is 9.16. The van der Waals surface area contributed by atoms with Crippen LogP contribution >= 0.6 is 0 Å². The van der Waals surface area contributed by atoms with Crippen molar-refractivity contribution in [1.29, 1.82) is 0 Å². The molecule has 0 radical (unpaired) electrons. The summed E-state index contributed by atoms with van der Waals surface area (Å²) in [6, 6.07) is 51.6. The highest BCUT2D eigenvalue weighted by Crippen LogP contribution is 2.34. The molecule has 0 aliphatic heterocycles. The minimum absolute atomic E-state index is 0.490. The van der Waals surface area contributed by atoms with Gasteiger partial charge in [0.05, 0.1) is 6.54 Å². The molecule has 0 amide bonds. The molecule has 4 nitrogen and oxygen atoms in total. The fourth-order valence-corrected chi connectivity index (χ4v) is 5.40. The number of hydrogen-bond donors (Lipinski definition) is 0. The number of hydrogen-bond acceptors (Lipinski definition) is 2. The van der Waals surface area contributed by atoms with Gasteiger partial charge in [-0.1, -0.05) is 127 Å². The number of benzene rings is 6. The Labute approximate surface area is 256 Å². The third-order valence-electron chi connectivity index (χ3n) is 7.70. The lowest BCUT2D eigenvalue weighted by molar-refractivity contribution is 0.669. The molecule has 6 aromatic carbocycles. The maximum absolute atomic E-state index is 6.35. The first kappa shape index (κ1) is 27.0. The summed E-state index contributed by atoms with van der Waals surface area (Å²) >= 11 is 0. The van der Waals surface area contributed by atoms with E-state index in [0.29, 0.717) is 18.2 Å². The molecule has 0 saturated heterocycles. The Morgan fingerprint density at radius 2 is 1.11 bits per heavy atom. The zero-order chi connectivity index (χ0) is 29.7. The van der Waals surface area contributed by atoms with Gasteiger partial charge in [-0.3, -0.25) is 4.99 Å². The van der Waals surface area contributed by atoms with Gasteiger partial charge in [0.15, 0.2) is 11.7 Å². The van der Waals surface area contributed by atoms with Crippen LogP contribution in [-0.4, -0.2) is 18.4 Å². The molecule has 0 spiro atoms. The molecule has 0 aliphatic carbocycles. The van der Waals surface area contributed by atoms with Crippen molar-refractivity contribution in [3.8, 4) is 22.3 Å². The second kappa shape index (κ2) is 12.2. The van der Waals surface area contributed by atoms with E-state index >= 15 is 0 Å². The zero-order valence-corrected chi connectivity index (χ0v) is 24.1. The molecule has 210 valence electrons. The van der Waals surface area contributed by atoms with Crippen LogP contribution in [0.15, 0.2) is 171 Å². The van der Waals surface area contributed by atoms with E-state index in [1.807, 2.05) is 66.7 Å². The molecule has 7 rings (SSSR count). The van der Waals surface area contributed by atoms with Crippen LogP contribution in [0.3, 0.4) is 0 Å². The van der Waals surface area contributed by atoms with Gasteiger partial charge in [0, 0.05) is 21.9 Å². The van der Waals surface area contributed by atoms with Gasteiger partial charge in [0.1, 0.15) is 11.2 Å². The van der Waals surface area contributed by atoms with Crippen LogP contribution in [0, 0.1) is 0 Å². The highest BCUT2D eigenvalue weighted by atomic mass is 16.3. The van der Waals surface area contributed by atoms with Crippen molar-refractivity contribution in [2.75, 3.05) is 0 Å². The molecule has 0 N–H and O–H groups in total. The molecule has 0 fully saturated rings. The second-order valence-corrected chi connectivity index (χ2v) is 10.6. The molecule has 4 heteroatoms. The zero-order valence-electron chi connectivity index (χ0n) is 24.1. The van der Waals surface area contributed by atoms with E-state index in [-0.39, 0.29) is 0 Å². The summed E-state index contributed by atoms with van der Waals surface area (Å²) in [4.78, 5) is 14.0. The van der Waals surface area contributed by atoms with Gasteiger partial charge in [-0.15, -0.1) is 0 Å². The molecule has 0 saturated carbocycles. The molecule has 0 atom stereocenters.